The molecule has 0 N–H and O–H groups in total. The fourth-order valence-electron chi connectivity index (χ4n) is 4.79. The highest BCUT2D eigenvalue weighted by Gasteiger charge is 2.50. The minimum atomic E-state index is -0.461. The third-order valence-electron chi connectivity index (χ3n) is 6.36. The summed E-state index contributed by atoms with van der Waals surface area (Å²) in [5.74, 6) is 0.548. The lowest BCUT2D eigenvalue weighted by Crippen LogP contribution is -2.48. The average Bonchev–Trinajstić information content (AvgIpc) is 3.28. The van der Waals surface area contributed by atoms with Crippen molar-refractivity contribution in [2.45, 2.75) is 78.7 Å². The summed E-state index contributed by atoms with van der Waals surface area (Å²) in [5.41, 5.74) is 3.97. The van der Waals surface area contributed by atoms with Gasteiger partial charge in [0.15, 0.2) is 5.78 Å². The van der Waals surface area contributed by atoms with Gasteiger partial charge in [-0.15, -0.1) is 0 Å². The first kappa shape index (κ1) is 25.3. The molecule has 1 aliphatic carbocycles. The van der Waals surface area contributed by atoms with Crippen LogP contribution in [-0.4, -0.2) is 17.6 Å². The number of hydrogen-bond donors (Lipinski definition) is 0. The minimum Gasteiger partial charge on any atom is -0.486 e. The molecule has 4 nitrogen and oxygen atoms in total. The highest BCUT2D eigenvalue weighted by Crippen LogP contribution is 2.48. The van der Waals surface area contributed by atoms with Gasteiger partial charge in [-0.3, -0.25) is 9.79 Å². The van der Waals surface area contributed by atoms with Crippen LogP contribution in [0.2, 0.25) is 0 Å². The van der Waals surface area contributed by atoms with E-state index >= 15 is 0 Å². The molecule has 0 amide bonds. The van der Waals surface area contributed by atoms with E-state index in [1.54, 1.807) is 12.3 Å². The van der Waals surface area contributed by atoms with Crippen molar-refractivity contribution < 1.29 is 9.53 Å². The lowest BCUT2D eigenvalue weighted by atomic mass is 9.75. The van der Waals surface area contributed by atoms with Gasteiger partial charge >= 0.3 is 0 Å². The Morgan fingerprint density at radius 1 is 1.31 bits per heavy atom. The molecule has 0 radical (unpaired) electrons. The van der Waals surface area contributed by atoms with Crippen LogP contribution in [0.5, 0.6) is 5.75 Å². The van der Waals surface area contributed by atoms with Crippen molar-refractivity contribution in [2.75, 3.05) is 0 Å². The fraction of sp³-hybridized carbons (Fsp3) is 0.464. The van der Waals surface area contributed by atoms with Gasteiger partial charge in [-0.05, 0) is 81.7 Å². The molecule has 1 unspecified atom stereocenters. The number of aliphatic imine (C=N–C) groups is 1. The molecule has 1 fully saturated rings. The van der Waals surface area contributed by atoms with Crippen molar-refractivity contribution in [2.24, 2.45) is 10.9 Å². The molecule has 1 atom stereocenters. The molecule has 1 aliphatic heterocycles. The summed E-state index contributed by atoms with van der Waals surface area (Å²) in [6.45, 7) is 13.8. The van der Waals surface area contributed by atoms with Gasteiger partial charge in [0, 0.05) is 12.6 Å². The number of carbonyl (C=O) groups excluding carboxylic acids is 1. The summed E-state index contributed by atoms with van der Waals surface area (Å²) in [7, 11) is 0. The van der Waals surface area contributed by atoms with Gasteiger partial charge in [-0.25, -0.2) is 0 Å². The summed E-state index contributed by atoms with van der Waals surface area (Å²) in [5, 5.41) is 9.06. The van der Waals surface area contributed by atoms with E-state index < -0.39 is 5.60 Å². The standard InChI is InChI=1S/C26H30N2O2.C2H6/c1-5-19(6-2)24(28-7-3)18(4)20-12-13-21-23(17-20)30-26(14-8-9-15-26)22(25(21)29)11-10-16-27;1-2/h5-7,12-13,17,22H,1,8-11,14-15H2,2-4H3;1-2H3/b19-6-,24-18-,28-7?;. The molecule has 1 aromatic rings. The van der Waals surface area contributed by atoms with E-state index in [1.165, 1.54) is 0 Å². The third kappa shape index (κ3) is 4.93. The van der Waals surface area contributed by atoms with Gasteiger partial charge in [0.05, 0.1) is 23.2 Å². The number of benzene rings is 1. The zero-order valence-corrected chi connectivity index (χ0v) is 20.2. The first-order valence-electron chi connectivity index (χ1n) is 11.7. The van der Waals surface area contributed by atoms with Crippen LogP contribution in [-0.2, 0) is 0 Å². The number of nitrogens with zero attached hydrogens (tertiary/aromatic N) is 2. The van der Waals surface area contributed by atoms with Crippen LogP contribution >= 0.6 is 0 Å². The lowest BCUT2D eigenvalue weighted by molar-refractivity contribution is 0.00313. The molecular formula is C28H36N2O2. The molecule has 1 saturated carbocycles. The SMILES string of the molecule is C=CC(=C/C)/C(N=CC)=C(\C)c1ccc2c(c1)OC1(CCCC1)C(CCC#N)C2=O.CC. The Labute approximate surface area is 193 Å². The quantitative estimate of drug-likeness (QED) is 0.346. The molecule has 2 aliphatic rings. The summed E-state index contributed by atoms with van der Waals surface area (Å²) in [4.78, 5) is 17.9. The predicted octanol–water partition coefficient (Wildman–Crippen LogP) is 7.47. The van der Waals surface area contributed by atoms with E-state index in [2.05, 4.69) is 17.6 Å². The maximum absolute atomic E-state index is 13.4. The van der Waals surface area contributed by atoms with Gasteiger partial charge in [0.2, 0.25) is 0 Å². The van der Waals surface area contributed by atoms with Crippen LogP contribution in [0.1, 0.15) is 89.1 Å². The molecule has 0 bridgehead atoms. The summed E-state index contributed by atoms with van der Waals surface area (Å²) < 4.78 is 6.58. The number of nitriles is 1. The molecule has 1 aromatic carbocycles. The van der Waals surface area contributed by atoms with Crippen molar-refractivity contribution >= 4 is 17.6 Å². The average molecular weight is 433 g/mol. The van der Waals surface area contributed by atoms with Crippen molar-refractivity contribution in [1.82, 2.24) is 0 Å². The number of allylic oxidation sites excluding steroid dienone is 3. The number of rotatable bonds is 6. The smallest absolute Gasteiger partial charge is 0.173 e. The Bertz CT molecular complexity index is 970. The summed E-state index contributed by atoms with van der Waals surface area (Å²) >= 11 is 0. The number of ether oxygens (including phenoxy) is 1. The van der Waals surface area contributed by atoms with E-state index in [4.69, 9.17) is 10.00 Å². The summed E-state index contributed by atoms with van der Waals surface area (Å²) in [6.07, 6.45) is 10.4. The van der Waals surface area contributed by atoms with Crippen molar-refractivity contribution in [1.29, 1.82) is 5.26 Å². The normalized spacial score (nSPS) is 20.1. The molecule has 1 heterocycles. The Hall–Kier alpha value is -2.93. The second-order valence-electron chi connectivity index (χ2n) is 8.01. The molecule has 4 heteroatoms. The molecule has 170 valence electrons. The van der Waals surface area contributed by atoms with Gasteiger partial charge in [-0.1, -0.05) is 38.6 Å². The highest BCUT2D eigenvalue weighted by molar-refractivity contribution is 6.02. The number of hydrogen-bond acceptors (Lipinski definition) is 4. The minimum absolute atomic E-state index is 0.119. The molecular weight excluding hydrogens is 396 g/mol. The first-order chi connectivity index (χ1) is 15.5. The van der Waals surface area contributed by atoms with E-state index in [1.807, 2.05) is 58.9 Å². The lowest BCUT2D eigenvalue weighted by Gasteiger charge is -2.41. The first-order valence-corrected chi connectivity index (χ1v) is 11.7. The zero-order chi connectivity index (χ0) is 23.7. The Morgan fingerprint density at radius 2 is 2.00 bits per heavy atom. The molecule has 0 saturated heterocycles. The molecule has 1 spiro atoms. The van der Waals surface area contributed by atoms with Crippen molar-refractivity contribution in [3.8, 4) is 11.8 Å². The van der Waals surface area contributed by atoms with E-state index in [0.29, 0.717) is 24.2 Å². The Balaban J connectivity index is 0.00000176. The van der Waals surface area contributed by atoms with Crippen LogP contribution in [0.4, 0.5) is 0 Å². The van der Waals surface area contributed by atoms with Crippen LogP contribution in [0.25, 0.3) is 5.57 Å². The van der Waals surface area contributed by atoms with Crippen molar-refractivity contribution in [3.05, 3.63) is 59.3 Å². The Kier molecular flexibility index (Phi) is 9.20. The third-order valence-corrected chi connectivity index (χ3v) is 6.36. The van der Waals surface area contributed by atoms with Crippen LogP contribution in [0.15, 0.2) is 53.2 Å². The van der Waals surface area contributed by atoms with Crippen LogP contribution in [0.3, 0.4) is 0 Å². The number of carbonyl (C=O) groups is 1. The number of ketones is 1. The monoisotopic (exact) mass is 432 g/mol. The van der Waals surface area contributed by atoms with Gasteiger partial charge < -0.3 is 4.74 Å². The highest BCUT2D eigenvalue weighted by atomic mass is 16.5. The number of fused-ring (bicyclic) bond motifs is 1. The van der Waals surface area contributed by atoms with E-state index in [-0.39, 0.29) is 11.7 Å². The van der Waals surface area contributed by atoms with Crippen LogP contribution in [0, 0.1) is 17.2 Å². The van der Waals surface area contributed by atoms with Crippen LogP contribution < -0.4 is 4.74 Å². The molecule has 0 aromatic heterocycles. The topological polar surface area (TPSA) is 62.4 Å². The zero-order valence-electron chi connectivity index (χ0n) is 20.2. The van der Waals surface area contributed by atoms with Gasteiger partial charge in [-0.2, -0.15) is 5.26 Å². The summed E-state index contributed by atoms with van der Waals surface area (Å²) in [6, 6.07) is 8.00. The van der Waals surface area contributed by atoms with E-state index in [0.717, 1.165) is 48.1 Å². The fourth-order valence-corrected chi connectivity index (χ4v) is 4.79. The largest absolute Gasteiger partial charge is 0.486 e. The van der Waals surface area contributed by atoms with Gasteiger partial charge in [0.25, 0.3) is 0 Å². The maximum atomic E-state index is 13.4. The van der Waals surface area contributed by atoms with Gasteiger partial charge in [0.1, 0.15) is 11.4 Å². The molecule has 32 heavy (non-hydrogen) atoms. The Morgan fingerprint density at radius 3 is 2.56 bits per heavy atom. The van der Waals surface area contributed by atoms with Crippen molar-refractivity contribution in [3.63, 3.8) is 0 Å². The second kappa shape index (κ2) is 11.6. The number of Topliss-reactive ketones (excluding diaryl/α,β-unsaturated/α-hetero) is 1. The predicted molar refractivity (Wildman–Crippen MR) is 133 cm³/mol. The second-order valence-corrected chi connectivity index (χ2v) is 8.01. The molecule has 3 rings (SSSR count). The van der Waals surface area contributed by atoms with E-state index in [9.17, 15) is 4.79 Å². The maximum Gasteiger partial charge on any atom is 0.173 e.